The number of hydrogen-bond acceptors (Lipinski definition) is 4. The van der Waals surface area contributed by atoms with Crippen molar-refractivity contribution >= 4 is 5.91 Å². The Bertz CT molecular complexity index is 278. The molecule has 5 nitrogen and oxygen atoms in total. The lowest BCUT2D eigenvalue weighted by atomic mass is 10.1. The standard InChI is InChI=1S/C13H26N4O/c1-11(17-7-4-14-5-8-17)9-13(18)15-12-3-6-16(2)10-12/h11-12,14H,3-10H2,1-2H3,(H,15,18). The van der Waals surface area contributed by atoms with Gasteiger partial charge in [0, 0.05) is 51.2 Å². The maximum Gasteiger partial charge on any atom is 0.221 e. The molecular formula is C13H26N4O. The van der Waals surface area contributed by atoms with Crippen molar-refractivity contribution in [2.24, 2.45) is 0 Å². The zero-order chi connectivity index (χ0) is 13.0. The van der Waals surface area contributed by atoms with E-state index in [2.05, 4.69) is 34.4 Å². The maximum absolute atomic E-state index is 12.0. The monoisotopic (exact) mass is 254 g/mol. The minimum absolute atomic E-state index is 0.210. The highest BCUT2D eigenvalue weighted by atomic mass is 16.1. The van der Waals surface area contributed by atoms with Gasteiger partial charge in [-0.2, -0.15) is 0 Å². The zero-order valence-corrected chi connectivity index (χ0v) is 11.6. The molecule has 18 heavy (non-hydrogen) atoms. The van der Waals surface area contributed by atoms with Crippen LogP contribution >= 0.6 is 0 Å². The van der Waals surface area contributed by atoms with E-state index in [-0.39, 0.29) is 5.91 Å². The summed E-state index contributed by atoms with van der Waals surface area (Å²) in [5.74, 6) is 0.210. The van der Waals surface area contributed by atoms with Gasteiger partial charge in [0.15, 0.2) is 0 Å². The van der Waals surface area contributed by atoms with Gasteiger partial charge < -0.3 is 15.5 Å². The second kappa shape index (κ2) is 6.50. The molecule has 0 aromatic carbocycles. The van der Waals surface area contributed by atoms with Gasteiger partial charge >= 0.3 is 0 Å². The lowest BCUT2D eigenvalue weighted by molar-refractivity contribution is -0.122. The molecule has 0 radical (unpaired) electrons. The highest BCUT2D eigenvalue weighted by molar-refractivity contribution is 5.76. The minimum Gasteiger partial charge on any atom is -0.352 e. The first kappa shape index (κ1) is 13.8. The fourth-order valence-electron chi connectivity index (χ4n) is 2.86. The van der Waals surface area contributed by atoms with Crippen molar-refractivity contribution in [2.75, 3.05) is 46.3 Å². The SMILES string of the molecule is CC(CC(=O)NC1CCN(C)C1)N1CCNCC1. The number of piperazine rings is 1. The van der Waals surface area contributed by atoms with Crippen LogP contribution in [0, 0.1) is 0 Å². The van der Waals surface area contributed by atoms with E-state index in [4.69, 9.17) is 0 Å². The van der Waals surface area contributed by atoms with E-state index < -0.39 is 0 Å². The van der Waals surface area contributed by atoms with Crippen molar-refractivity contribution in [1.29, 1.82) is 0 Å². The van der Waals surface area contributed by atoms with Crippen molar-refractivity contribution in [3.05, 3.63) is 0 Å². The normalized spacial score (nSPS) is 28.2. The molecule has 1 amide bonds. The van der Waals surface area contributed by atoms with Gasteiger partial charge in [0.1, 0.15) is 0 Å². The third-order valence-electron chi connectivity index (χ3n) is 4.01. The molecule has 5 heteroatoms. The molecule has 2 saturated heterocycles. The molecule has 0 spiro atoms. The summed E-state index contributed by atoms with van der Waals surface area (Å²) in [6, 6.07) is 0.712. The molecule has 2 N–H and O–H groups in total. The van der Waals surface area contributed by atoms with Crippen LogP contribution in [0.5, 0.6) is 0 Å². The zero-order valence-electron chi connectivity index (χ0n) is 11.6. The van der Waals surface area contributed by atoms with Gasteiger partial charge in [-0.05, 0) is 26.9 Å². The van der Waals surface area contributed by atoms with Crippen LogP contribution in [0.2, 0.25) is 0 Å². The lowest BCUT2D eigenvalue weighted by Crippen LogP contribution is -2.49. The molecule has 2 aliphatic heterocycles. The van der Waals surface area contributed by atoms with Crippen LogP contribution < -0.4 is 10.6 Å². The van der Waals surface area contributed by atoms with Crippen LogP contribution in [-0.4, -0.2) is 74.1 Å². The first-order valence-corrected chi connectivity index (χ1v) is 7.08. The van der Waals surface area contributed by atoms with E-state index >= 15 is 0 Å². The molecule has 2 unspecified atom stereocenters. The number of carbonyl (C=O) groups excluding carboxylic acids is 1. The predicted octanol–water partition coefficient (Wildman–Crippen LogP) is -0.509. The Morgan fingerprint density at radius 1 is 1.39 bits per heavy atom. The highest BCUT2D eigenvalue weighted by Gasteiger charge is 2.23. The number of nitrogens with one attached hydrogen (secondary N) is 2. The Morgan fingerprint density at radius 2 is 2.11 bits per heavy atom. The van der Waals surface area contributed by atoms with Gasteiger partial charge in [-0.15, -0.1) is 0 Å². The van der Waals surface area contributed by atoms with Crippen molar-refractivity contribution in [1.82, 2.24) is 20.4 Å². The molecule has 0 saturated carbocycles. The molecule has 2 heterocycles. The summed E-state index contributed by atoms with van der Waals surface area (Å²) in [4.78, 5) is 16.7. The highest BCUT2D eigenvalue weighted by Crippen LogP contribution is 2.08. The lowest BCUT2D eigenvalue weighted by Gasteiger charge is -2.32. The van der Waals surface area contributed by atoms with Crippen molar-refractivity contribution in [3.8, 4) is 0 Å². The third-order valence-corrected chi connectivity index (χ3v) is 4.01. The first-order valence-electron chi connectivity index (χ1n) is 7.08. The number of carbonyl (C=O) groups is 1. The second-order valence-electron chi connectivity index (χ2n) is 5.65. The van der Waals surface area contributed by atoms with Gasteiger partial charge in [-0.3, -0.25) is 9.69 Å². The average molecular weight is 254 g/mol. The summed E-state index contributed by atoms with van der Waals surface area (Å²) in [6.07, 6.45) is 1.71. The molecule has 2 aliphatic rings. The van der Waals surface area contributed by atoms with E-state index in [1.807, 2.05) is 0 Å². The summed E-state index contributed by atoms with van der Waals surface area (Å²) >= 11 is 0. The predicted molar refractivity (Wildman–Crippen MR) is 72.6 cm³/mol. The van der Waals surface area contributed by atoms with E-state index in [0.29, 0.717) is 18.5 Å². The Morgan fingerprint density at radius 3 is 2.72 bits per heavy atom. The minimum atomic E-state index is 0.210. The first-order chi connectivity index (χ1) is 8.65. The van der Waals surface area contributed by atoms with E-state index in [9.17, 15) is 4.79 Å². The molecule has 2 rings (SSSR count). The molecule has 0 aromatic rings. The second-order valence-corrected chi connectivity index (χ2v) is 5.65. The number of likely N-dealkylation sites (tertiary alicyclic amines) is 1. The quantitative estimate of drug-likeness (QED) is 0.709. The summed E-state index contributed by atoms with van der Waals surface area (Å²) in [5.41, 5.74) is 0. The van der Waals surface area contributed by atoms with Crippen molar-refractivity contribution < 1.29 is 4.79 Å². The van der Waals surface area contributed by atoms with E-state index in [1.165, 1.54) is 0 Å². The number of amides is 1. The van der Waals surface area contributed by atoms with Gasteiger partial charge in [0.2, 0.25) is 5.91 Å². The van der Waals surface area contributed by atoms with Gasteiger partial charge in [-0.25, -0.2) is 0 Å². The number of rotatable bonds is 4. The molecule has 0 bridgehead atoms. The van der Waals surface area contributed by atoms with E-state index in [0.717, 1.165) is 45.7 Å². The number of hydrogen-bond donors (Lipinski definition) is 2. The Labute approximate surface area is 110 Å². The summed E-state index contributed by atoms with van der Waals surface area (Å²) in [6.45, 7) is 8.44. The fraction of sp³-hybridized carbons (Fsp3) is 0.923. The Balaban J connectivity index is 1.69. The largest absolute Gasteiger partial charge is 0.352 e. The van der Waals surface area contributed by atoms with Crippen LogP contribution in [-0.2, 0) is 4.79 Å². The number of nitrogens with zero attached hydrogens (tertiary/aromatic N) is 2. The van der Waals surface area contributed by atoms with Crippen molar-refractivity contribution in [3.63, 3.8) is 0 Å². The summed E-state index contributed by atoms with van der Waals surface area (Å²) in [5, 5.41) is 6.50. The van der Waals surface area contributed by atoms with Crippen LogP contribution in [0.1, 0.15) is 19.8 Å². The molecule has 0 aromatic heterocycles. The molecule has 104 valence electrons. The van der Waals surface area contributed by atoms with Crippen LogP contribution in [0.3, 0.4) is 0 Å². The maximum atomic E-state index is 12.0. The molecule has 0 aliphatic carbocycles. The summed E-state index contributed by atoms with van der Waals surface area (Å²) in [7, 11) is 2.11. The van der Waals surface area contributed by atoms with Crippen LogP contribution in [0.25, 0.3) is 0 Å². The van der Waals surface area contributed by atoms with E-state index in [1.54, 1.807) is 0 Å². The smallest absolute Gasteiger partial charge is 0.221 e. The summed E-state index contributed by atoms with van der Waals surface area (Å²) < 4.78 is 0. The van der Waals surface area contributed by atoms with Crippen LogP contribution in [0.4, 0.5) is 0 Å². The fourth-order valence-corrected chi connectivity index (χ4v) is 2.86. The molecule has 2 atom stereocenters. The van der Waals surface area contributed by atoms with Crippen molar-refractivity contribution in [2.45, 2.75) is 31.8 Å². The van der Waals surface area contributed by atoms with Gasteiger partial charge in [0.05, 0.1) is 0 Å². The van der Waals surface area contributed by atoms with Crippen LogP contribution in [0.15, 0.2) is 0 Å². The molecular weight excluding hydrogens is 228 g/mol. The Hall–Kier alpha value is -0.650. The third kappa shape index (κ3) is 3.93. The topological polar surface area (TPSA) is 47.6 Å². The average Bonchev–Trinajstić information content (AvgIpc) is 2.75. The van der Waals surface area contributed by atoms with Gasteiger partial charge in [0.25, 0.3) is 0 Å². The molecule has 2 fully saturated rings. The Kier molecular flexibility index (Phi) is 4.97. The number of likely N-dealkylation sites (N-methyl/N-ethyl adjacent to an activating group) is 1. The van der Waals surface area contributed by atoms with Gasteiger partial charge in [-0.1, -0.05) is 0 Å².